The minimum Gasteiger partial charge on any atom is -0.493 e. The molecule has 1 aliphatic rings. The van der Waals surface area contributed by atoms with Crippen LogP contribution in [-0.2, 0) is 4.79 Å². The molecule has 0 aliphatic carbocycles. The van der Waals surface area contributed by atoms with Crippen molar-refractivity contribution in [2.75, 3.05) is 13.2 Å². The highest BCUT2D eigenvalue weighted by atomic mass is 16.5. The molecule has 2 atom stereocenters. The Bertz CT molecular complexity index is 488. The first-order valence-corrected chi connectivity index (χ1v) is 7.79. The van der Waals surface area contributed by atoms with E-state index in [1.807, 2.05) is 26.0 Å². The van der Waals surface area contributed by atoms with E-state index < -0.39 is 0 Å². The maximum atomic E-state index is 12.0. The van der Waals surface area contributed by atoms with Crippen LogP contribution in [0.1, 0.15) is 37.3 Å². The van der Waals surface area contributed by atoms with Gasteiger partial charge >= 0.3 is 0 Å². The van der Waals surface area contributed by atoms with Crippen LogP contribution in [0.25, 0.3) is 0 Å². The van der Waals surface area contributed by atoms with Crippen LogP contribution in [-0.4, -0.2) is 31.1 Å². The van der Waals surface area contributed by atoms with Crippen LogP contribution in [0.5, 0.6) is 5.75 Å². The van der Waals surface area contributed by atoms with Crippen molar-refractivity contribution in [3.63, 3.8) is 0 Å². The van der Waals surface area contributed by atoms with Gasteiger partial charge in [0.25, 0.3) is 0 Å². The van der Waals surface area contributed by atoms with Gasteiger partial charge < -0.3 is 15.4 Å². The zero-order chi connectivity index (χ0) is 15.2. The maximum absolute atomic E-state index is 12.0. The Hall–Kier alpha value is -1.55. The molecule has 21 heavy (non-hydrogen) atoms. The average Bonchev–Trinajstić information content (AvgIpc) is 2.45. The first-order chi connectivity index (χ1) is 10.1. The Kier molecular flexibility index (Phi) is 5.62. The number of nitrogens with one attached hydrogen (secondary N) is 2. The number of benzene rings is 1. The van der Waals surface area contributed by atoms with Crippen LogP contribution in [0, 0.1) is 13.8 Å². The number of carbonyl (C=O) groups is 1. The molecule has 4 heteroatoms. The van der Waals surface area contributed by atoms with Crippen molar-refractivity contribution >= 4 is 5.91 Å². The van der Waals surface area contributed by atoms with Crippen molar-refractivity contribution < 1.29 is 9.53 Å². The maximum Gasteiger partial charge on any atom is 0.223 e. The third-order valence-electron chi connectivity index (χ3n) is 4.04. The molecule has 4 nitrogen and oxygen atoms in total. The zero-order valence-electron chi connectivity index (χ0n) is 13.2. The van der Waals surface area contributed by atoms with Gasteiger partial charge in [-0.25, -0.2) is 0 Å². The van der Waals surface area contributed by atoms with Gasteiger partial charge in [0, 0.05) is 12.1 Å². The Balaban J connectivity index is 1.75. The fraction of sp³-hybridized carbons (Fsp3) is 0.588. The second kappa shape index (κ2) is 7.46. The molecule has 0 spiro atoms. The van der Waals surface area contributed by atoms with Crippen LogP contribution in [0.2, 0.25) is 0 Å². The summed E-state index contributed by atoms with van der Waals surface area (Å²) in [5.41, 5.74) is 2.27. The molecule has 2 unspecified atom stereocenters. The predicted octanol–water partition coefficient (Wildman–Crippen LogP) is 2.33. The molecule has 2 rings (SSSR count). The van der Waals surface area contributed by atoms with E-state index in [4.69, 9.17) is 4.74 Å². The summed E-state index contributed by atoms with van der Waals surface area (Å²) < 4.78 is 5.73. The molecule has 1 aliphatic heterocycles. The summed E-state index contributed by atoms with van der Waals surface area (Å²) >= 11 is 0. The average molecular weight is 290 g/mol. The Morgan fingerprint density at radius 3 is 3.00 bits per heavy atom. The third-order valence-corrected chi connectivity index (χ3v) is 4.04. The Morgan fingerprint density at radius 2 is 2.24 bits per heavy atom. The quantitative estimate of drug-likeness (QED) is 0.875. The number of carbonyl (C=O) groups excluding carboxylic acids is 1. The largest absolute Gasteiger partial charge is 0.493 e. The van der Waals surface area contributed by atoms with E-state index in [0.717, 1.165) is 30.7 Å². The molecular formula is C17H26N2O2. The molecule has 1 amide bonds. The van der Waals surface area contributed by atoms with E-state index in [1.165, 1.54) is 5.56 Å². The smallest absolute Gasteiger partial charge is 0.223 e. The highest BCUT2D eigenvalue weighted by molar-refractivity contribution is 5.76. The van der Waals surface area contributed by atoms with Crippen LogP contribution < -0.4 is 15.4 Å². The van der Waals surface area contributed by atoms with Crippen LogP contribution in [0.4, 0.5) is 0 Å². The van der Waals surface area contributed by atoms with Gasteiger partial charge in [-0.1, -0.05) is 12.1 Å². The van der Waals surface area contributed by atoms with Gasteiger partial charge in [0.1, 0.15) is 5.75 Å². The minimum atomic E-state index is 0.0702. The number of hydrogen-bond donors (Lipinski definition) is 2. The molecule has 0 aromatic heterocycles. The van der Waals surface area contributed by atoms with Crippen molar-refractivity contribution in [3.8, 4) is 5.75 Å². The van der Waals surface area contributed by atoms with Crippen molar-refractivity contribution in [3.05, 3.63) is 29.3 Å². The molecule has 1 saturated heterocycles. The van der Waals surface area contributed by atoms with E-state index in [0.29, 0.717) is 19.1 Å². The fourth-order valence-corrected chi connectivity index (χ4v) is 2.64. The Labute approximate surface area is 127 Å². The lowest BCUT2D eigenvalue weighted by Crippen LogP contribution is -2.52. The van der Waals surface area contributed by atoms with E-state index in [1.54, 1.807) is 0 Å². The number of amides is 1. The highest BCUT2D eigenvalue weighted by Gasteiger charge is 2.22. The highest BCUT2D eigenvalue weighted by Crippen LogP contribution is 2.19. The third kappa shape index (κ3) is 4.74. The lowest BCUT2D eigenvalue weighted by Gasteiger charge is -2.30. The lowest BCUT2D eigenvalue weighted by molar-refractivity contribution is -0.122. The summed E-state index contributed by atoms with van der Waals surface area (Å²) in [6.45, 7) is 7.64. The van der Waals surface area contributed by atoms with Gasteiger partial charge in [-0.3, -0.25) is 4.79 Å². The van der Waals surface area contributed by atoms with E-state index in [2.05, 4.69) is 23.6 Å². The van der Waals surface area contributed by atoms with E-state index in [-0.39, 0.29) is 11.9 Å². The van der Waals surface area contributed by atoms with Crippen molar-refractivity contribution in [1.82, 2.24) is 10.6 Å². The molecule has 0 saturated carbocycles. The first kappa shape index (κ1) is 15.8. The SMILES string of the molecule is Cc1ccc(C)c(OCCC(=O)NC2CCCNC2C)c1. The lowest BCUT2D eigenvalue weighted by atomic mass is 10.00. The molecule has 0 radical (unpaired) electrons. The van der Waals surface area contributed by atoms with Gasteiger partial charge in [-0.05, 0) is 57.4 Å². The minimum absolute atomic E-state index is 0.0702. The molecule has 0 bridgehead atoms. The summed E-state index contributed by atoms with van der Waals surface area (Å²) in [6, 6.07) is 6.71. The number of rotatable bonds is 5. The summed E-state index contributed by atoms with van der Waals surface area (Å²) in [6.07, 6.45) is 2.57. The van der Waals surface area contributed by atoms with Gasteiger partial charge in [0.15, 0.2) is 0 Å². The first-order valence-electron chi connectivity index (χ1n) is 7.79. The van der Waals surface area contributed by atoms with Gasteiger partial charge in [0.05, 0.1) is 13.0 Å². The fourth-order valence-electron chi connectivity index (χ4n) is 2.64. The van der Waals surface area contributed by atoms with Gasteiger partial charge in [-0.2, -0.15) is 0 Å². The van der Waals surface area contributed by atoms with E-state index >= 15 is 0 Å². The number of hydrogen-bond acceptors (Lipinski definition) is 3. The molecule has 116 valence electrons. The van der Waals surface area contributed by atoms with E-state index in [9.17, 15) is 4.79 Å². The van der Waals surface area contributed by atoms with Crippen LogP contribution >= 0.6 is 0 Å². The number of aryl methyl sites for hydroxylation is 2. The Morgan fingerprint density at radius 1 is 1.43 bits per heavy atom. The zero-order valence-corrected chi connectivity index (χ0v) is 13.2. The van der Waals surface area contributed by atoms with Crippen molar-refractivity contribution in [2.45, 2.75) is 52.1 Å². The number of piperidine rings is 1. The van der Waals surface area contributed by atoms with Crippen LogP contribution in [0.15, 0.2) is 18.2 Å². The summed E-state index contributed by atoms with van der Waals surface area (Å²) in [4.78, 5) is 12.0. The predicted molar refractivity (Wildman–Crippen MR) is 84.7 cm³/mol. The second-order valence-electron chi connectivity index (χ2n) is 5.93. The van der Waals surface area contributed by atoms with Gasteiger partial charge in [-0.15, -0.1) is 0 Å². The topological polar surface area (TPSA) is 50.4 Å². The molecule has 1 fully saturated rings. The molecular weight excluding hydrogens is 264 g/mol. The molecule has 1 aromatic rings. The summed E-state index contributed by atoms with van der Waals surface area (Å²) in [5, 5.41) is 6.49. The van der Waals surface area contributed by atoms with Crippen molar-refractivity contribution in [2.24, 2.45) is 0 Å². The summed E-state index contributed by atoms with van der Waals surface area (Å²) in [5.74, 6) is 0.941. The van der Waals surface area contributed by atoms with Crippen LogP contribution in [0.3, 0.4) is 0 Å². The molecule has 1 aromatic carbocycles. The monoisotopic (exact) mass is 290 g/mol. The van der Waals surface area contributed by atoms with Gasteiger partial charge in [0.2, 0.25) is 5.91 Å². The number of ether oxygens (including phenoxy) is 1. The van der Waals surface area contributed by atoms with Crippen molar-refractivity contribution in [1.29, 1.82) is 0 Å². The summed E-state index contributed by atoms with van der Waals surface area (Å²) in [7, 11) is 0. The second-order valence-corrected chi connectivity index (χ2v) is 5.93. The standard InChI is InChI=1S/C17H26N2O2/c1-12-6-7-13(2)16(11-12)21-10-8-17(20)19-15-5-4-9-18-14(15)3/h6-7,11,14-15,18H,4-5,8-10H2,1-3H3,(H,19,20). The molecule has 2 N–H and O–H groups in total. The normalized spacial score (nSPS) is 21.9. The molecule has 1 heterocycles.